The summed E-state index contributed by atoms with van der Waals surface area (Å²) in [6.07, 6.45) is 2.47. The van der Waals surface area contributed by atoms with Crippen LogP contribution < -0.4 is 4.74 Å². The second-order valence-corrected chi connectivity index (χ2v) is 4.31. The maximum Gasteiger partial charge on any atom is 0.338 e. The van der Waals surface area contributed by atoms with E-state index >= 15 is 0 Å². The van der Waals surface area contributed by atoms with E-state index in [0.29, 0.717) is 25.4 Å². The van der Waals surface area contributed by atoms with E-state index in [9.17, 15) is 4.79 Å². The van der Waals surface area contributed by atoms with Crippen molar-refractivity contribution in [1.82, 2.24) is 0 Å². The Morgan fingerprint density at radius 1 is 1.58 bits per heavy atom. The van der Waals surface area contributed by atoms with Gasteiger partial charge in [-0.05, 0) is 30.7 Å². The van der Waals surface area contributed by atoms with Crippen LogP contribution in [0.4, 0.5) is 0 Å². The van der Waals surface area contributed by atoms with E-state index in [2.05, 4.69) is 6.58 Å². The summed E-state index contributed by atoms with van der Waals surface area (Å²) in [5, 5.41) is 0. The van der Waals surface area contributed by atoms with Crippen LogP contribution in [0.2, 0.25) is 0 Å². The first-order chi connectivity index (χ1) is 9.24. The third-order valence-electron chi connectivity index (χ3n) is 2.85. The molecule has 0 saturated carbocycles. The summed E-state index contributed by atoms with van der Waals surface area (Å²) in [4.78, 5) is 11.6. The van der Waals surface area contributed by atoms with Crippen LogP contribution in [-0.2, 0) is 15.9 Å². The molecule has 19 heavy (non-hydrogen) atoms. The van der Waals surface area contributed by atoms with Crippen molar-refractivity contribution in [3.05, 3.63) is 42.0 Å². The number of carbonyl (C=O) groups excluding carboxylic acids is 1. The highest BCUT2D eigenvalue weighted by Gasteiger charge is 2.24. The molecule has 1 heterocycles. The van der Waals surface area contributed by atoms with Crippen LogP contribution in [-0.4, -0.2) is 31.9 Å². The maximum absolute atomic E-state index is 11.6. The van der Waals surface area contributed by atoms with Gasteiger partial charge in [-0.3, -0.25) is 0 Å². The number of esters is 1. The third-order valence-corrected chi connectivity index (χ3v) is 2.85. The van der Waals surface area contributed by atoms with Gasteiger partial charge in [-0.25, -0.2) is 4.79 Å². The lowest BCUT2D eigenvalue weighted by Gasteiger charge is -2.09. The fourth-order valence-electron chi connectivity index (χ4n) is 2.04. The smallest absolute Gasteiger partial charge is 0.338 e. The van der Waals surface area contributed by atoms with Gasteiger partial charge in [0, 0.05) is 6.42 Å². The molecule has 1 atom stereocenters. The first-order valence-corrected chi connectivity index (χ1v) is 6.40. The minimum absolute atomic E-state index is 0.00685. The quantitative estimate of drug-likeness (QED) is 0.448. The Balaban J connectivity index is 1.99. The lowest BCUT2D eigenvalue weighted by atomic mass is 10.1. The molecule has 102 valence electrons. The normalized spacial score (nSPS) is 16.6. The van der Waals surface area contributed by atoms with Gasteiger partial charge in [-0.1, -0.05) is 6.08 Å². The van der Waals surface area contributed by atoms with Crippen LogP contribution in [0.25, 0.3) is 0 Å². The average molecular weight is 262 g/mol. The molecule has 0 amide bonds. The van der Waals surface area contributed by atoms with Crippen molar-refractivity contribution in [2.45, 2.75) is 19.4 Å². The minimum Gasteiger partial charge on any atom is -0.487 e. The summed E-state index contributed by atoms with van der Waals surface area (Å²) in [7, 11) is 0. The molecule has 0 spiro atoms. The maximum atomic E-state index is 11.6. The number of rotatable bonds is 6. The average Bonchev–Trinajstić information content (AvgIpc) is 2.81. The molecule has 0 aliphatic carbocycles. The van der Waals surface area contributed by atoms with E-state index in [4.69, 9.17) is 14.2 Å². The Morgan fingerprint density at radius 3 is 3.16 bits per heavy atom. The van der Waals surface area contributed by atoms with E-state index in [0.717, 1.165) is 17.7 Å². The molecule has 0 aromatic heterocycles. The zero-order valence-electron chi connectivity index (χ0n) is 11.1. The molecule has 0 bridgehead atoms. The van der Waals surface area contributed by atoms with E-state index in [1.165, 1.54) is 0 Å². The van der Waals surface area contributed by atoms with Gasteiger partial charge in [0.2, 0.25) is 0 Å². The van der Waals surface area contributed by atoms with E-state index < -0.39 is 0 Å². The molecular formula is C15H18O4. The van der Waals surface area contributed by atoms with Crippen molar-refractivity contribution in [2.24, 2.45) is 0 Å². The molecule has 4 nitrogen and oxygen atoms in total. The van der Waals surface area contributed by atoms with Crippen molar-refractivity contribution in [2.75, 3.05) is 19.8 Å². The number of benzene rings is 1. The van der Waals surface area contributed by atoms with Gasteiger partial charge in [-0.15, -0.1) is 6.58 Å². The van der Waals surface area contributed by atoms with Crippen molar-refractivity contribution >= 4 is 5.97 Å². The highest BCUT2D eigenvalue weighted by molar-refractivity contribution is 5.89. The molecule has 1 aliphatic rings. The fourth-order valence-corrected chi connectivity index (χ4v) is 2.04. The van der Waals surface area contributed by atoms with Gasteiger partial charge >= 0.3 is 5.97 Å². The van der Waals surface area contributed by atoms with Gasteiger partial charge in [-0.2, -0.15) is 0 Å². The first-order valence-electron chi connectivity index (χ1n) is 6.40. The molecule has 0 radical (unpaired) electrons. The van der Waals surface area contributed by atoms with Crippen LogP contribution in [0.15, 0.2) is 30.9 Å². The van der Waals surface area contributed by atoms with Gasteiger partial charge in [0.25, 0.3) is 0 Å². The van der Waals surface area contributed by atoms with Crippen molar-refractivity contribution in [1.29, 1.82) is 0 Å². The monoisotopic (exact) mass is 262 g/mol. The molecule has 0 fully saturated rings. The van der Waals surface area contributed by atoms with Crippen molar-refractivity contribution in [3.8, 4) is 5.75 Å². The van der Waals surface area contributed by atoms with Crippen LogP contribution in [0, 0.1) is 0 Å². The molecule has 2 rings (SSSR count). The Labute approximate surface area is 113 Å². The highest BCUT2D eigenvalue weighted by Crippen LogP contribution is 2.29. The highest BCUT2D eigenvalue weighted by atomic mass is 16.5. The number of hydrogen-bond acceptors (Lipinski definition) is 4. The summed E-state index contributed by atoms with van der Waals surface area (Å²) in [5.74, 6) is 0.525. The number of hydrogen-bond donors (Lipinski definition) is 0. The molecule has 1 unspecified atom stereocenters. The lowest BCUT2D eigenvalue weighted by molar-refractivity contribution is 0.0526. The third kappa shape index (κ3) is 3.35. The summed E-state index contributed by atoms with van der Waals surface area (Å²) in [6, 6.07) is 5.37. The summed E-state index contributed by atoms with van der Waals surface area (Å²) < 4.78 is 16.1. The van der Waals surface area contributed by atoms with Gasteiger partial charge < -0.3 is 14.2 Å². The topological polar surface area (TPSA) is 44.8 Å². The molecule has 0 saturated heterocycles. The first kappa shape index (κ1) is 13.6. The predicted octanol–water partition coefficient (Wildman–Crippen LogP) is 2.37. The second kappa shape index (κ2) is 6.38. The summed E-state index contributed by atoms with van der Waals surface area (Å²) in [5.41, 5.74) is 1.59. The Hall–Kier alpha value is -1.81. The van der Waals surface area contributed by atoms with Crippen molar-refractivity contribution < 1.29 is 19.0 Å². The molecule has 1 aromatic carbocycles. The summed E-state index contributed by atoms with van der Waals surface area (Å²) >= 11 is 0. The fraction of sp³-hybridized carbons (Fsp3) is 0.400. The minimum atomic E-state index is -0.295. The molecule has 1 aliphatic heterocycles. The van der Waals surface area contributed by atoms with E-state index in [1.807, 2.05) is 12.1 Å². The number of fused-ring (bicyclic) bond motifs is 1. The zero-order chi connectivity index (χ0) is 13.7. The molecule has 4 heteroatoms. The Morgan fingerprint density at radius 2 is 2.42 bits per heavy atom. The predicted molar refractivity (Wildman–Crippen MR) is 71.5 cm³/mol. The lowest BCUT2D eigenvalue weighted by Crippen LogP contribution is -2.20. The van der Waals surface area contributed by atoms with E-state index in [-0.39, 0.29) is 12.1 Å². The van der Waals surface area contributed by atoms with Crippen LogP contribution in [0.5, 0.6) is 5.75 Å². The van der Waals surface area contributed by atoms with Crippen LogP contribution in [0.3, 0.4) is 0 Å². The van der Waals surface area contributed by atoms with E-state index in [1.54, 1.807) is 19.1 Å². The zero-order valence-corrected chi connectivity index (χ0v) is 11.1. The standard InChI is InChI=1S/C15H18O4/c1-3-7-17-10-13-9-12-8-11(15(16)18-4-2)5-6-14(12)19-13/h3,5-6,8,13H,1,4,7,9-10H2,2H3. The molecular weight excluding hydrogens is 244 g/mol. The van der Waals surface area contributed by atoms with Gasteiger partial charge in [0.1, 0.15) is 11.9 Å². The molecule has 1 aromatic rings. The number of carbonyl (C=O) groups is 1. The summed E-state index contributed by atoms with van der Waals surface area (Å²) in [6.45, 7) is 6.81. The van der Waals surface area contributed by atoms with Gasteiger partial charge in [0.05, 0.1) is 25.4 Å². The Kier molecular flexibility index (Phi) is 4.58. The largest absolute Gasteiger partial charge is 0.487 e. The second-order valence-electron chi connectivity index (χ2n) is 4.31. The number of ether oxygens (including phenoxy) is 3. The molecule has 0 N–H and O–H groups in total. The Bertz CT molecular complexity index is 467. The van der Waals surface area contributed by atoms with Crippen LogP contribution >= 0.6 is 0 Å². The van der Waals surface area contributed by atoms with Crippen LogP contribution in [0.1, 0.15) is 22.8 Å². The SMILES string of the molecule is C=CCOCC1Cc2cc(C(=O)OCC)ccc2O1. The van der Waals surface area contributed by atoms with Crippen molar-refractivity contribution in [3.63, 3.8) is 0 Å². The van der Waals surface area contributed by atoms with Gasteiger partial charge in [0.15, 0.2) is 0 Å².